The predicted molar refractivity (Wildman–Crippen MR) is 113 cm³/mol. The molecule has 3 heterocycles. The maximum absolute atomic E-state index is 5.69. The van der Waals surface area contributed by atoms with Gasteiger partial charge in [0.1, 0.15) is 22.7 Å². The number of hydrogen-bond acceptors (Lipinski definition) is 6. The summed E-state index contributed by atoms with van der Waals surface area (Å²) >= 11 is 1.84. The average molecular weight is 396 g/mol. The molecule has 28 heavy (non-hydrogen) atoms. The molecule has 0 amide bonds. The highest BCUT2D eigenvalue weighted by Crippen LogP contribution is 2.40. The van der Waals surface area contributed by atoms with Gasteiger partial charge in [-0.25, -0.2) is 9.97 Å². The molecule has 0 atom stereocenters. The SMILES string of the molecule is COc1ccc(C2(CNc3ncnc4sc5c(c34)CCC5)CCOCC2)cc1. The van der Waals surface area contributed by atoms with E-state index in [0.717, 1.165) is 55.4 Å². The number of benzene rings is 1. The summed E-state index contributed by atoms with van der Waals surface area (Å²) in [6, 6.07) is 8.51. The van der Waals surface area contributed by atoms with Gasteiger partial charge < -0.3 is 14.8 Å². The van der Waals surface area contributed by atoms with E-state index in [2.05, 4.69) is 39.6 Å². The van der Waals surface area contributed by atoms with E-state index in [1.807, 2.05) is 11.3 Å². The van der Waals surface area contributed by atoms with E-state index in [1.54, 1.807) is 13.4 Å². The number of anilines is 1. The van der Waals surface area contributed by atoms with Gasteiger partial charge in [-0.3, -0.25) is 0 Å². The first-order valence-electron chi connectivity index (χ1n) is 10.0. The lowest BCUT2D eigenvalue weighted by Gasteiger charge is -2.38. The van der Waals surface area contributed by atoms with Gasteiger partial charge in [0.15, 0.2) is 0 Å². The Hall–Kier alpha value is -2.18. The molecule has 1 aliphatic carbocycles. The number of thiophene rings is 1. The molecule has 0 radical (unpaired) electrons. The van der Waals surface area contributed by atoms with Crippen LogP contribution in [0.5, 0.6) is 5.75 Å². The van der Waals surface area contributed by atoms with Crippen LogP contribution < -0.4 is 10.1 Å². The lowest BCUT2D eigenvalue weighted by Crippen LogP contribution is -2.40. The second-order valence-electron chi connectivity index (χ2n) is 7.73. The van der Waals surface area contributed by atoms with Crippen molar-refractivity contribution in [3.63, 3.8) is 0 Å². The van der Waals surface area contributed by atoms with E-state index < -0.39 is 0 Å². The van der Waals surface area contributed by atoms with Gasteiger partial charge in [-0.05, 0) is 55.4 Å². The number of nitrogens with zero attached hydrogens (tertiary/aromatic N) is 2. The maximum Gasteiger partial charge on any atom is 0.138 e. The minimum absolute atomic E-state index is 0.0426. The van der Waals surface area contributed by atoms with E-state index >= 15 is 0 Å². The Balaban J connectivity index is 1.46. The van der Waals surface area contributed by atoms with Crippen molar-refractivity contribution in [2.45, 2.75) is 37.5 Å². The highest BCUT2D eigenvalue weighted by Gasteiger charge is 2.35. The zero-order valence-corrected chi connectivity index (χ0v) is 17.0. The van der Waals surface area contributed by atoms with Gasteiger partial charge in [0, 0.05) is 30.1 Å². The number of nitrogens with one attached hydrogen (secondary N) is 1. The third kappa shape index (κ3) is 3.05. The zero-order valence-electron chi connectivity index (χ0n) is 16.2. The fourth-order valence-electron chi connectivity index (χ4n) is 4.59. The molecule has 0 saturated carbocycles. The molecule has 0 spiro atoms. The number of hydrogen-bond donors (Lipinski definition) is 1. The molecule has 1 saturated heterocycles. The largest absolute Gasteiger partial charge is 0.497 e. The van der Waals surface area contributed by atoms with Crippen LogP contribution in [-0.2, 0) is 23.0 Å². The summed E-state index contributed by atoms with van der Waals surface area (Å²) < 4.78 is 11.0. The van der Waals surface area contributed by atoms with Crippen molar-refractivity contribution in [2.24, 2.45) is 0 Å². The molecule has 5 nitrogen and oxygen atoms in total. The topological polar surface area (TPSA) is 56.3 Å². The normalized spacial score (nSPS) is 18.2. The van der Waals surface area contributed by atoms with Gasteiger partial charge in [0.2, 0.25) is 0 Å². The van der Waals surface area contributed by atoms with Crippen LogP contribution in [0.2, 0.25) is 0 Å². The summed E-state index contributed by atoms with van der Waals surface area (Å²) in [5, 5.41) is 4.96. The van der Waals surface area contributed by atoms with Crippen molar-refractivity contribution in [1.82, 2.24) is 9.97 Å². The average Bonchev–Trinajstić information content (AvgIpc) is 3.34. The van der Waals surface area contributed by atoms with Crippen molar-refractivity contribution in [1.29, 1.82) is 0 Å². The van der Waals surface area contributed by atoms with Crippen molar-refractivity contribution < 1.29 is 9.47 Å². The number of rotatable bonds is 5. The number of fused-ring (bicyclic) bond motifs is 3. The minimum atomic E-state index is 0.0426. The predicted octanol–water partition coefficient (Wildman–Crippen LogP) is 4.35. The molecule has 3 aromatic rings. The van der Waals surface area contributed by atoms with E-state index in [1.165, 1.54) is 34.2 Å². The molecule has 1 fully saturated rings. The van der Waals surface area contributed by atoms with Crippen molar-refractivity contribution in [3.8, 4) is 5.75 Å². The highest BCUT2D eigenvalue weighted by molar-refractivity contribution is 7.19. The van der Waals surface area contributed by atoms with Gasteiger partial charge in [-0.15, -0.1) is 11.3 Å². The van der Waals surface area contributed by atoms with Crippen LogP contribution in [0.25, 0.3) is 10.2 Å². The summed E-state index contributed by atoms with van der Waals surface area (Å²) in [4.78, 5) is 11.8. The quantitative estimate of drug-likeness (QED) is 0.696. The third-order valence-electron chi connectivity index (χ3n) is 6.25. The molecule has 1 aromatic carbocycles. The lowest BCUT2D eigenvalue weighted by atomic mass is 9.74. The monoisotopic (exact) mass is 395 g/mol. The maximum atomic E-state index is 5.69. The first-order valence-corrected chi connectivity index (χ1v) is 10.8. The van der Waals surface area contributed by atoms with Crippen molar-refractivity contribution in [2.75, 3.05) is 32.2 Å². The van der Waals surface area contributed by atoms with Crippen LogP contribution in [0.4, 0.5) is 5.82 Å². The van der Waals surface area contributed by atoms with E-state index in [0.29, 0.717) is 0 Å². The van der Waals surface area contributed by atoms with Crippen LogP contribution in [0.15, 0.2) is 30.6 Å². The number of ether oxygens (including phenoxy) is 2. The Labute approximate surface area is 169 Å². The number of aromatic nitrogens is 2. The van der Waals surface area contributed by atoms with Gasteiger partial charge in [-0.2, -0.15) is 0 Å². The first-order chi connectivity index (χ1) is 13.8. The van der Waals surface area contributed by atoms with Crippen LogP contribution >= 0.6 is 11.3 Å². The summed E-state index contributed by atoms with van der Waals surface area (Å²) in [5.41, 5.74) is 2.85. The van der Waals surface area contributed by atoms with Crippen LogP contribution in [0.1, 0.15) is 35.3 Å². The molecular weight excluding hydrogens is 370 g/mol. The molecule has 6 heteroatoms. The second-order valence-corrected chi connectivity index (χ2v) is 8.82. The molecule has 0 unspecified atom stereocenters. The highest BCUT2D eigenvalue weighted by atomic mass is 32.1. The summed E-state index contributed by atoms with van der Waals surface area (Å²) in [5.74, 6) is 1.88. The van der Waals surface area contributed by atoms with Gasteiger partial charge in [0.25, 0.3) is 0 Å². The Kier molecular flexibility index (Phi) is 4.69. The molecule has 1 aliphatic heterocycles. The molecule has 0 bridgehead atoms. The Morgan fingerprint density at radius 1 is 1.14 bits per heavy atom. The summed E-state index contributed by atoms with van der Waals surface area (Å²) in [7, 11) is 1.71. The minimum Gasteiger partial charge on any atom is -0.497 e. The fraction of sp³-hybridized carbons (Fsp3) is 0.455. The van der Waals surface area contributed by atoms with E-state index in [9.17, 15) is 0 Å². The van der Waals surface area contributed by atoms with Crippen molar-refractivity contribution >= 4 is 27.4 Å². The van der Waals surface area contributed by atoms with Crippen LogP contribution in [0, 0.1) is 0 Å². The molecular formula is C22H25N3O2S. The van der Waals surface area contributed by atoms with Gasteiger partial charge in [0.05, 0.1) is 12.5 Å². The third-order valence-corrected chi connectivity index (χ3v) is 7.45. The van der Waals surface area contributed by atoms with Gasteiger partial charge >= 0.3 is 0 Å². The van der Waals surface area contributed by atoms with E-state index in [-0.39, 0.29) is 5.41 Å². The standard InChI is InChI=1S/C22H25N3O2S/c1-26-16-7-5-15(6-8-16)22(9-11-27-12-10-22)13-23-20-19-17-3-2-4-18(17)28-21(19)25-14-24-20/h5-8,14H,2-4,9-13H2,1H3,(H,23,24,25). The number of aryl methyl sites for hydroxylation is 2. The Bertz CT molecular complexity index is 977. The Morgan fingerprint density at radius 2 is 1.96 bits per heavy atom. The van der Waals surface area contributed by atoms with Crippen LogP contribution in [0.3, 0.4) is 0 Å². The lowest BCUT2D eigenvalue weighted by molar-refractivity contribution is 0.0543. The van der Waals surface area contributed by atoms with Crippen LogP contribution in [-0.4, -0.2) is 36.8 Å². The summed E-state index contributed by atoms with van der Waals surface area (Å²) in [6.07, 6.45) is 7.28. The molecule has 2 aliphatic rings. The second kappa shape index (κ2) is 7.33. The Morgan fingerprint density at radius 3 is 2.75 bits per heavy atom. The fourth-order valence-corrected chi connectivity index (χ4v) is 5.82. The smallest absolute Gasteiger partial charge is 0.138 e. The zero-order chi connectivity index (χ0) is 19.0. The molecule has 146 valence electrons. The molecule has 5 rings (SSSR count). The van der Waals surface area contributed by atoms with Gasteiger partial charge in [-0.1, -0.05) is 12.1 Å². The number of methoxy groups -OCH3 is 1. The van der Waals surface area contributed by atoms with E-state index in [4.69, 9.17) is 9.47 Å². The summed E-state index contributed by atoms with van der Waals surface area (Å²) in [6.45, 7) is 2.43. The van der Waals surface area contributed by atoms with Crippen molar-refractivity contribution in [3.05, 3.63) is 46.6 Å². The first kappa shape index (κ1) is 17.9. The molecule has 2 aromatic heterocycles. The molecule has 1 N–H and O–H groups in total.